The van der Waals surface area contributed by atoms with Crippen LogP contribution in [0.25, 0.3) is 0 Å². The fourth-order valence-corrected chi connectivity index (χ4v) is 0.824. The van der Waals surface area contributed by atoms with Crippen LogP contribution in [-0.2, 0) is 0 Å². The van der Waals surface area contributed by atoms with E-state index in [1.165, 1.54) is 0 Å². The maximum absolute atomic E-state index is 3.84. The van der Waals surface area contributed by atoms with Gasteiger partial charge in [-0.15, -0.1) is 5.43 Å². The number of halogens is 1. The van der Waals surface area contributed by atoms with Crippen molar-refractivity contribution in [2.75, 3.05) is 0 Å². The molecule has 8 heavy (non-hydrogen) atoms. The average molecular weight is 174 g/mol. The molecule has 0 saturated carbocycles. The molecule has 1 radical (unpaired) electrons. The summed E-state index contributed by atoms with van der Waals surface area (Å²) in [6.07, 6.45) is 2.87. The summed E-state index contributed by atoms with van der Waals surface area (Å²) in [7, 11) is 0. The van der Waals surface area contributed by atoms with Gasteiger partial charge in [-0.05, 0) is 28.4 Å². The van der Waals surface area contributed by atoms with Gasteiger partial charge in [-0.1, -0.05) is 6.92 Å². The van der Waals surface area contributed by atoms with Crippen LogP contribution in [0.5, 0.6) is 0 Å². The van der Waals surface area contributed by atoms with Crippen molar-refractivity contribution in [3.63, 3.8) is 0 Å². The summed E-state index contributed by atoms with van der Waals surface area (Å²) in [6, 6.07) is 0. The van der Waals surface area contributed by atoms with Gasteiger partial charge in [0.05, 0.1) is 5.71 Å². The highest BCUT2D eigenvalue weighted by atomic mass is 79.9. The van der Waals surface area contributed by atoms with E-state index in [9.17, 15) is 0 Å². The molecule has 1 aliphatic rings. The van der Waals surface area contributed by atoms with Gasteiger partial charge in [-0.25, -0.2) is 0 Å². The number of allylic oxidation sites excluding steroid dienone is 1. The monoisotopic (exact) mass is 173 g/mol. The van der Waals surface area contributed by atoms with E-state index in [1.807, 2.05) is 6.08 Å². The van der Waals surface area contributed by atoms with Crippen molar-refractivity contribution in [1.82, 2.24) is 5.43 Å². The van der Waals surface area contributed by atoms with Crippen LogP contribution in [0.1, 0.15) is 13.3 Å². The molecule has 0 fully saturated rings. The number of nitrogens with zero attached hydrogens (tertiary/aromatic N) is 2. The lowest BCUT2D eigenvalue weighted by Gasteiger charge is -1.80. The Bertz CT molecular complexity index is 149. The fraction of sp³-hybridized carbons (Fsp3) is 0.400. The number of rotatable bonds is 1. The Labute approximate surface area is 56.8 Å². The summed E-state index contributed by atoms with van der Waals surface area (Å²) in [5.74, 6) is 0. The van der Waals surface area contributed by atoms with E-state index in [0.717, 1.165) is 16.7 Å². The second-order valence-electron chi connectivity index (χ2n) is 1.51. The highest BCUT2D eigenvalue weighted by Crippen LogP contribution is 2.09. The third kappa shape index (κ3) is 1.10. The Balaban J connectivity index is 2.58. The van der Waals surface area contributed by atoms with Crippen LogP contribution in [0.2, 0.25) is 0 Å². The maximum Gasteiger partial charge on any atom is 0.130 e. The number of hydrogen-bond acceptors (Lipinski definition) is 1. The topological polar surface area (TPSA) is 26.5 Å². The van der Waals surface area contributed by atoms with Crippen molar-refractivity contribution in [3.05, 3.63) is 10.7 Å². The van der Waals surface area contributed by atoms with Crippen LogP contribution in [-0.4, -0.2) is 5.71 Å². The first-order valence-corrected chi connectivity index (χ1v) is 3.27. The van der Waals surface area contributed by atoms with Crippen LogP contribution < -0.4 is 5.43 Å². The molecule has 0 saturated heterocycles. The molecule has 0 aromatic rings. The van der Waals surface area contributed by atoms with Gasteiger partial charge in [0.15, 0.2) is 0 Å². The molecule has 0 aromatic carbocycles. The van der Waals surface area contributed by atoms with Crippen molar-refractivity contribution >= 4 is 21.6 Å². The molecule has 3 heteroatoms. The normalized spacial score (nSPS) is 17.2. The Hall–Kier alpha value is -0.310. The smallest absolute Gasteiger partial charge is 0.130 e. The lowest BCUT2D eigenvalue weighted by molar-refractivity contribution is 0.953. The highest BCUT2D eigenvalue weighted by molar-refractivity contribution is 9.11. The standard InChI is InChI=1S/C5H6BrN2/c1-2-4-3-5(6)8-7-4/h3H,2H2,1H3. The van der Waals surface area contributed by atoms with E-state index < -0.39 is 0 Å². The molecule has 0 amide bonds. The van der Waals surface area contributed by atoms with Crippen LogP contribution >= 0.6 is 15.9 Å². The minimum absolute atomic E-state index is 0.828. The largest absolute Gasteiger partial charge is 0.154 e. The van der Waals surface area contributed by atoms with Gasteiger partial charge >= 0.3 is 0 Å². The van der Waals surface area contributed by atoms with Crippen molar-refractivity contribution in [3.8, 4) is 0 Å². The number of hydrogen-bond donors (Lipinski definition) is 0. The van der Waals surface area contributed by atoms with Gasteiger partial charge in [0, 0.05) is 0 Å². The predicted molar refractivity (Wildman–Crippen MR) is 36.9 cm³/mol. The van der Waals surface area contributed by atoms with E-state index in [4.69, 9.17) is 0 Å². The molecule has 0 atom stereocenters. The van der Waals surface area contributed by atoms with Gasteiger partial charge in [-0.2, -0.15) is 5.10 Å². The molecule has 1 heterocycles. The first-order valence-electron chi connectivity index (χ1n) is 2.47. The molecule has 1 aliphatic heterocycles. The Kier molecular flexibility index (Phi) is 1.68. The SMILES string of the molecule is CCC1=N[N]C(Br)=C1. The van der Waals surface area contributed by atoms with Crippen LogP contribution in [0.3, 0.4) is 0 Å². The summed E-state index contributed by atoms with van der Waals surface area (Å²) in [5.41, 5.74) is 4.79. The Morgan fingerprint density at radius 1 is 1.75 bits per heavy atom. The molecular formula is C5H6BrN2. The van der Waals surface area contributed by atoms with Gasteiger partial charge in [0.25, 0.3) is 0 Å². The van der Waals surface area contributed by atoms with Gasteiger partial charge in [0.1, 0.15) is 4.61 Å². The zero-order valence-electron chi connectivity index (χ0n) is 4.56. The minimum atomic E-state index is 0.828. The third-order valence-electron chi connectivity index (χ3n) is 0.922. The summed E-state index contributed by atoms with van der Waals surface area (Å²) in [4.78, 5) is 0. The van der Waals surface area contributed by atoms with Crippen LogP contribution in [0.4, 0.5) is 0 Å². The minimum Gasteiger partial charge on any atom is -0.154 e. The first-order chi connectivity index (χ1) is 3.83. The third-order valence-corrected chi connectivity index (χ3v) is 1.31. The summed E-state index contributed by atoms with van der Waals surface area (Å²) >= 11 is 3.20. The van der Waals surface area contributed by atoms with E-state index >= 15 is 0 Å². The predicted octanol–water partition coefficient (Wildman–Crippen LogP) is 1.61. The van der Waals surface area contributed by atoms with E-state index in [-0.39, 0.29) is 0 Å². The lowest BCUT2D eigenvalue weighted by atomic mass is 10.3. The van der Waals surface area contributed by atoms with E-state index in [2.05, 4.69) is 33.4 Å². The fourth-order valence-electron chi connectivity index (χ4n) is 0.480. The molecular weight excluding hydrogens is 168 g/mol. The molecule has 0 unspecified atom stereocenters. The van der Waals surface area contributed by atoms with Crippen LogP contribution in [0.15, 0.2) is 15.8 Å². The van der Waals surface area contributed by atoms with Crippen LogP contribution in [0, 0.1) is 0 Å². The second-order valence-corrected chi connectivity index (χ2v) is 2.32. The molecule has 0 bridgehead atoms. The first kappa shape index (κ1) is 5.82. The molecule has 2 nitrogen and oxygen atoms in total. The quantitative estimate of drug-likeness (QED) is 0.540. The average Bonchev–Trinajstić information content (AvgIpc) is 2.14. The van der Waals surface area contributed by atoms with Crippen molar-refractivity contribution < 1.29 is 0 Å². The summed E-state index contributed by atoms with van der Waals surface area (Å²) in [5, 5.41) is 3.84. The molecule has 43 valence electrons. The summed E-state index contributed by atoms with van der Waals surface area (Å²) < 4.78 is 0.828. The Morgan fingerprint density at radius 3 is 2.75 bits per heavy atom. The zero-order valence-corrected chi connectivity index (χ0v) is 6.14. The Morgan fingerprint density at radius 2 is 2.50 bits per heavy atom. The molecule has 1 rings (SSSR count). The lowest BCUT2D eigenvalue weighted by Crippen LogP contribution is -1.84. The van der Waals surface area contributed by atoms with Gasteiger partial charge in [0.2, 0.25) is 0 Å². The molecule has 0 aromatic heterocycles. The van der Waals surface area contributed by atoms with Gasteiger partial charge < -0.3 is 0 Å². The molecule has 0 spiro atoms. The molecule has 0 aliphatic carbocycles. The molecule has 0 N–H and O–H groups in total. The second kappa shape index (κ2) is 2.31. The van der Waals surface area contributed by atoms with Crippen molar-refractivity contribution in [2.24, 2.45) is 5.10 Å². The maximum atomic E-state index is 3.84. The highest BCUT2D eigenvalue weighted by Gasteiger charge is 2.02. The summed E-state index contributed by atoms with van der Waals surface area (Å²) in [6.45, 7) is 2.05. The van der Waals surface area contributed by atoms with Crippen molar-refractivity contribution in [2.45, 2.75) is 13.3 Å². The van der Waals surface area contributed by atoms with Gasteiger partial charge in [-0.3, -0.25) is 0 Å². The van der Waals surface area contributed by atoms with E-state index in [0.29, 0.717) is 0 Å². The van der Waals surface area contributed by atoms with Crippen molar-refractivity contribution in [1.29, 1.82) is 0 Å². The van der Waals surface area contributed by atoms with E-state index in [1.54, 1.807) is 0 Å². The zero-order chi connectivity index (χ0) is 5.98.